The lowest BCUT2D eigenvalue weighted by atomic mass is 10.3. The largest absolute Gasteiger partial charge is 0.497 e. The quantitative estimate of drug-likeness (QED) is 0.471. The van der Waals surface area contributed by atoms with E-state index in [-0.39, 0.29) is 24.0 Å². The zero-order chi connectivity index (χ0) is 22.4. The van der Waals surface area contributed by atoms with Gasteiger partial charge in [0.2, 0.25) is 11.8 Å². The van der Waals surface area contributed by atoms with Crippen molar-refractivity contribution in [3.63, 3.8) is 0 Å². The number of rotatable bonds is 9. The highest BCUT2D eigenvalue weighted by molar-refractivity contribution is 7.99. The highest BCUT2D eigenvalue weighted by Gasteiger charge is 2.17. The second-order valence-corrected chi connectivity index (χ2v) is 8.74. The van der Waals surface area contributed by atoms with Gasteiger partial charge in [-0.15, -0.1) is 21.5 Å². The molecule has 11 heteroatoms. The number of nitrogens with zero attached hydrogens (tertiary/aromatic N) is 4. The maximum atomic E-state index is 12.4. The number of carbonyl (C=O) groups is 2. The van der Waals surface area contributed by atoms with E-state index in [0.717, 1.165) is 10.6 Å². The molecule has 0 bridgehead atoms. The average Bonchev–Trinajstić information content (AvgIpc) is 3.27. The fourth-order valence-electron chi connectivity index (χ4n) is 2.74. The minimum atomic E-state index is -0.209. The first-order valence-corrected chi connectivity index (χ1v) is 11.4. The molecule has 3 rings (SSSR count). The summed E-state index contributed by atoms with van der Waals surface area (Å²) in [6.07, 6.45) is 0.0719. The lowest BCUT2D eigenvalue weighted by molar-refractivity contribution is -0.116. The van der Waals surface area contributed by atoms with E-state index < -0.39 is 0 Å². The fraction of sp³-hybridized carbons (Fsp3) is 0.350. The summed E-state index contributed by atoms with van der Waals surface area (Å²) in [7, 11) is 1.57. The molecule has 0 aliphatic heterocycles. The number of thioether (sulfide) groups is 1. The van der Waals surface area contributed by atoms with E-state index in [9.17, 15) is 9.59 Å². The standard InChI is InChI=1S/C20H24N6O3S2/c1-5-26-16(10-17(27)22-14-7-6-8-15(9-14)29-4)24-25-20(26)30-11-18(28)23-19-21-12(2)13(3)31-19/h6-9H,5,10-11H2,1-4H3,(H,22,27)(H,21,23,28). The van der Waals surface area contributed by atoms with Crippen LogP contribution >= 0.6 is 23.1 Å². The van der Waals surface area contributed by atoms with Gasteiger partial charge >= 0.3 is 0 Å². The van der Waals surface area contributed by atoms with Gasteiger partial charge in [-0.1, -0.05) is 17.8 Å². The predicted octanol–water partition coefficient (Wildman–Crippen LogP) is 3.29. The lowest BCUT2D eigenvalue weighted by Gasteiger charge is -2.09. The number of ether oxygens (including phenoxy) is 1. The highest BCUT2D eigenvalue weighted by atomic mass is 32.2. The van der Waals surface area contributed by atoms with Crippen LogP contribution in [0.2, 0.25) is 0 Å². The Balaban J connectivity index is 1.58. The third-order valence-corrected chi connectivity index (χ3v) is 6.34. The fourth-order valence-corrected chi connectivity index (χ4v) is 4.39. The monoisotopic (exact) mass is 460 g/mol. The van der Waals surface area contributed by atoms with Crippen molar-refractivity contribution in [1.29, 1.82) is 0 Å². The first-order valence-electron chi connectivity index (χ1n) is 9.62. The van der Waals surface area contributed by atoms with Crippen LogP contribution in [0, 0.1) is 13.8 Å². The van der Waals surface area contributed by atoms with E-state index in [2.05, 4.69) is 25.8 Å². The van der Waals surface area contributed by atoms with Gasteiger partial charge in [0.25, 0.3) is 0 Å². The topological polar surface area (TPSA) is 111 Å². The molecule has 0 atom stereocenters. The molecule has 31 heavy (non-hydrogen) atoms. The number of aryl methyl sites for hydroxylation is 2. The molecule has 2 aromatic heterocycles. The summed E-state index contributed by atoms with van der Waals surface area (Å²) in [5, 5.41) is 15.1. The van der Waals surface area contributed by atoms with E-state index >= 15 is 0 Å². The molecule has 0 radical (unpaired) electrons. The van der Waals surface area contributed by atoms with Gasteiger partial charge < -0.3 is 19.9 Å². The van der Waals surface area contributed by atoms with Gasteiger partial charge in [-0.2, -0.15) is 0 Å². The Hall–Kier alpha value is -2.92. The number of nitrogens with one attached hydrogen (secondary N) is 2. The lowest BCUT2D eigenvalue weighted by Crippen LogP contribution is -2.18. The van der Waals surface area contributed by atoms with Crippen LogP contribution in [0.15, 0.2) is 29.4 Å². The first kappa shape index (κ1) is 22.8. The Morgan fingerprint density at radius 1 is 1.19 bits per heavy atom. The molecule has 2 N–H and O–H groups in total. The van der Waals surface area contributed by atoms with E-state index in [1.54, 1.807) is 31.4 Å². The molecule has 1 aromatic carbocycles. The van der Waals surface area contributed by atoms with Gasteiger partial charge in [0.1, 0.15) is 11.6 Å². The molecule has 0 aliphatic carbocycles. The molecular weight excluding hydrogens is 436 g/mol. The number of methoxy groups -OCH3 is 1. The average molecular weight is 461 g/mol. The van der Waals surface area contributed by atoms with Crippen LogP contribution in [0.4, 0.5) is 10.8 Å². The second-order valence-electron chi connectivity index (χ2n) is 6.60. The molecule has 2 amide bonds. The van der Waals surface area contributed by atoms with Crippen molar-refractivity contribution in [2.24, 2.45) is 0 Å². The number of carbonyl (C=O) groups excluding carboxylic acids is 2. The SMILES string of the molecule is CCn1c(CC(=O)Nc2cccc(OC)c2)nnc1SCC(=O)Nc1nc(C)c(C)s1. The summed E-state index contributed by atoms with van der Waals surface area (Å²) in [5.41, 5.74) is 1.56. The van der Waals surface area contributed by atoms with Gasteiger partial charge in [0.05, 0.1) is 25.0 Å². The molecule has 0 saturated heterocycles. The van der Waals surface area contributed by atoms with Crippen molar-refractivity contribution in [3.8, 4) is 5.75 Å². The summed E-state index contributed by atoms with van der Waals surface area (Å²) >= 11 is 2.72. The van der Waals surface area contributed by atoms with E-state index in [4.69, 9.17) is 4.74 Å². The first-order chi connectivity index (χ1) is 14.9. The Labute approximate surface area is 188 Å². The number of amides is 2. The Bertz CT molecular complexity index is 1060. The highest BCUT2D eigenvalue weighted by Crippen LogP contribution is 2.23. The van der Waals surface area contributed by atoms with Crippen LogP contribution in [0.5, 0.6) is 5.75 Å². The van der Waals surface area contributed by atoms with E-state index in [0.29, 0.717) is 34.1 Å². The van der Waals surface area contributed by atoms with Crippen molar-refractivity contribution in [2.45, 2.75) is 38.9 Å². The molecule has 0 aliphatic rings. The Morgan fingerprint density at radius 2 is 2.00 bits per heavy atom. The molecule has 0 unspecified atom stereocenters. The van der Waals surface area contributed by atoms with Crippen molar-refractivity contribution >= 4 is 45.7 Å². The van der Waals surface area contributed by atoms with Crippen molar-refractivity contribution in [1.82, 2.24) is 19.7 Å². The number of hydrogen-bond donors (Lipinski definition) is 2. The number of hydrogen-bond acceptors (Lipinski definition) is 8. The summed E-state index contributed by atoms with van der Waals surface area (Å²) in [4.78, 5) is 30.1. The summed E-state index contributed by atoms with van der Waals surface area (Å²) in [5.74, 6) is 0.999. The van der Waals surface area contributed by atoms with Crippen LogP contribution in [-0.2, 0) is 22.6 Å². The smallest absolute Gasteiger partial charge is 0.236 e. The molecule has 0 saturated carbocycles. The molecule has 3 aromatic rings. The molecule has 0 fully saturated rings. The predicted molar refractivity (Wildman–Crippen MR) is 122 cm³/mol. The molecule has 9 nitrogen and oxygen atoms in total. The normalized spacial score (nSPS) is 10.7. The second kappa shape index (κ2) is 10.4. The van der Waals surface area contributed by atoms with Crippen LogP contribution in [0.25, 0.3) is 0 Å². The summed E-state index contributed by atoms with van der Waals surface area (Å²) in [6.45, 7) is 6.40. The third-order valence-electron chi connectivity index (χ3n) is 4.39. The van der Waals surface area contributed by atoms with Crippen LogP contribution in [0.1, 0.15) is 23.3 Å². The van der Waals surface area contributed by atoms with Gasteiger partial charge in [0.15, 0.2) is 10.3 Å². The Kier molecular flexibility index (Phi) is 7.64. The number of anilines is 2. The molecule has 0 spiro atoms. The Morgan fingerprint density at radius 3 is 2.68 bits per heavy atom. The van der Waals surface area contributed by atoms with Crippen LogP contribution in [-0.4, -0.2) is 44.4 Å². The number of benzene rings is 1. The molecule has 164 valence electrons. The van der Waals surface area contributed by atoms with Crippen LogP contribution in [0.3, 0.4) is 0 Å². The zero-order valence-corrected chi connectivity index (χ0v) is 19.4. The van der Waals surface area contributed by atoms with E-state index in [1.807, 2.05) is 25.3 Å². The van der Waals surface area contributed by atoms with Crippen LogP contribution < -0.4 is 15.4 Å². The summed E-state index contributed by atoms with van der Waals surface area (Å²) < 4.78 is 7.00. The van der Waals surface area contributed by atoms with Gasteiger partial charge in [-0.25, -0.2) is 4.98 Å². The third kappa shape index (κ3) is 6.05. The minimum Gasteiger partial charge on any atom is -0.497 e. The zero-order valence-electron chi connectivity index (χ0n) is 17.8. The maximum absolute atomic E-state index is 12.4. The number of aromatic nitrogens is 4. The van der Waals surface area contributed by atoms with Crippen molar-refractivity contribution in [2.75, 3.05) is 23.5 Å². The minimum absolute atomic E-state index is 0.0719. The van der Waals surface area contributed by atoms with Gasteiger partial charge in [-0.3, -0.25) is 9.59 Å². The van der Waals surface area contributed by atoms with Crippen molar-refractivity contribution in [3.05, 3.63) is 40.7 Å². The van der Waals surface area contributed by atoms with Crippen molar-refractivity contribution < 1.29 is 14.3 Å². The summed E-state index contributed by atoms with van der Waals surface area (Å²) in [6, 6.07) is 7.14. The van der Waals surface area contributed by atoms with Gasteiger partial charge in [-0.05, 0) is 32.9 Å². The number of thiazole rings is 1. The van der Waals surface area contributed by atoms with Gasteiger partial charge in [0, 0.05) is 23.2 Å². The maximum Gasteiger partial charge on any atom is 0.236 e. The molecule has 2 heterocycles. The molecular formula is C20H24N6O3S2. The van der Waals surface area contributed by atoms with E-state index in [1.165, 1.54) is 23.1 Å².